The van der Waals surface area contributed by atoms with E-state index in [0.717, 1.165) is 0 Å². The fourth-order valence-corrected chi connectivity index (χ4v) is 4.84. The van der Waals surface area contributed by atoms with Gasteiger partial charge in [0.1, 0.15) is 18.4 Å². The summed E-state index contributed by atoms with van der Waals surface area (Å²) in [7, 11) is -1.69. The molecule has 1 fully saturated rings. The minimum atomic E-state index is -3.37. The van der Waals surface area contributed by atoms with E-state index in [2.05, 4.69) is 0 Å². The number of hydrogen-bond donors (Lipinski definition) is 0. The van der Waals surface area contributed by atoms with E-state index in [0.29, 0.717) is 49.7 Å². The normalized spacial score (nSPS) is 18.3. The molecule has 0 aliphatic carbocycles. The number of benzene rings is 1. The second-order valence-corrected chi connectivity index (χ2v) is 8.63. The van der Waals surface area contributed by atoms with Crippen LogP contribution in [0.2, 0.25) is 5.02 Å². The Morgan fingerprint density at radius 3 is 2.88 bits per heavy atom. The maximum absolute atomic E-state index is 12.6. The number of sulfonamides is 1. The average molecular weight is 389 g/mol. The van der Waals surface area contributed by atoms with E-state index >= 15 is 0 Å². The Morgan fingerprint density at radius 2 is 2.20 bits per heavy atom. The highest BCUT2D eigenvalue weighted by atomic mass is 35.5. The topological polar surface area (TPSA) is 66.9 Å². The Morgan fingerprint density at radius 1 is 1.44 bits per heavy atom. The van der Waals surface area contributed by atoms with Crippen LogP contribution in [0.15, 0.2) is 24.3 Å². The highest BCUT2D eigenvalue weighted by molar-refractivity contribution is 7.89. The molecular weight excluding hydrogens is 364 g/mol. The van der Waals surface area contributed by atoms with Crippen LogP contribution in [0.4, 0.5) is 0 Å². The zero-order valence-electron chi connectivity index (χ0n) is 14.7. The number of halogens is 1. The molecule has 0 radical (unpaired) electrons. The van der Waals surface area contributed by atoms with Gasteiger partial charge in [0, 0.05) is 18.6 Å². The molecule has 0 N–H and O–H groups in total. The van der Waals surface area contributed by atoms with Gasteiger partial charge >= 0.3 is 0 Å². The Hall–Kier alpha value is -1.31. The molecule has 140 valence electrons. The number of nitrogens with zero attached hydrogens (tertiary/aromatic N) is 2. The molecule has 0 saturated carbocycles. The molecule has 0 aromatic heterocycles. The summed E-state index contributed by atoms with van der Waals surface area (Å²) in [5, 5.41) is 0.588. The van der Waals surface area contributed by atoms with Crippen LogP contribution in [0.3, 0.4) is 0 Å². The van der Waals surface area contributed by atoms with Gasteiger partial charge in [-0.25, -0.2) is 8.42 Å². The minimum Gasteiger partial charge on any atom is -0.492 e. The molecule has 6 nitrogen and oxygen atoms in total. The Bertz CT molecular complexity index is 696. The van der Waals surface area contributed by atoms with Crippen molar-refractivity contribution in [3.05, 3.63) is 29.3 Å². The summed E-state index contributed by atoms with van der Waals surface area (Å²) in [5.74, 6) is 0.548. The summed E-state index contributed by atoms with van der Waals surface area (Å²) in [4.78, 5) is 14.2. The highest BCUT2D eigenvalue weighted by Crippen LogP contribution is 2.23. The fourth-order valence-electron chi connectivity index (χ4n) is 2.92. The molecule has 1 atom stereocenters. The molecule has 1 aliphatic heterocycles. The Balaban J connectivity index is 1.90. The van der Waals surface area contributed by atoms with Crippen molar-refractivity contribution in [2.45, 2.75) is 32.2 Å². The fraction of sp³-hybridized carbons (Fsp3) is 0.588. The predicted molar refractivity (Wildman–Crippen MR) is 98.4 cm³/mol. The maximum atomic E-state index is 12.6. The maximum Gasteiger partial charge on any atom is 0.240 e. The number of amides is 1. The van der Waals surface area contributed by atoms with Gasteiger partial charge in [-0.1, -0.05) is 24.6 Å². The quantitative estimate of drug-likeness (QED) is 0.685. The van der Waals surface area contributed by atoms with E-state index in [1.54, 1.807) is 31.3 Å². The molecular formula is C17H25ClN2O4S. The van der Waals surface area contributed by atoms with Gasteiger partial charge in [-0.3, -0.25) is 4.79 Å². The van der Waals surface area contributed by atoms with Gasteiger partial charge in [0.2, 0.25) is 15.9 Å². The van der Waals surface area contributed by atoms with Crippen molar-refractivity contribution in [1.29, 1.82) is 0 Å². The van der Waals surface area contributed by atoms with Crippen molar-refractivity contribution in [2.24, 2.45) is 0 Å². The van der Waals surface area contributed by atoms with Crippen LogP contribution in [0.5, 0.6) is 5.75 Å². The number of ether oxygens (including phenoxy) is 1. The first kappa shape index (κ1) is 20.0. The van der Waals surface area contributed by atoms with Crippen molar-refractivity contribution in [2.75, 3.05) is 32.5 Å². The first-order valence-corrected chi connectivity index (χ1v) is 10.5. The zero-order valence-corrected chi connectivity index (χ0v) is 16.2. The van der Waals surface area contributed by atoms with E-state index in [4.69, 9.17) is 16.3 Å². The monoisotopic (exact) mass is 388 g/mol. The van der Waals surface area contributed by atoms with Crippen molar-refractivity contribution in [3.63, 3.8) is 0 Å². The summed E-state index contributed by atoms with van der Waals surface area (Å²) < 4.78 is 31.6. The Kier molecular flexibility index (Phi) is 7.10. The average Bonchev–Trinajstić information content (AvgIpc) is 3.04. The molecule has 1 aromatic rings. The second-order valence-electron chi connectivity index (χ2n) is 6.15. The van der Waals surface area contributed by atoms with Gasteiger partial charge in [-0.05, 0) is 37.5 Å². The number of carbonyl (C=O) groups excluding carboxylic acids is 1. The molecule has 1 aromatic carbocycles. The lowest BCUT2D eigenvalue weighted by molar-refractivity contribution is -0.133. The van der Waals surface area contributed by atoms with Gasteiger partial charge in [0.25, 0.3) is 0 Å². The molecule has 1 aliphatic rings. The van der Waals surface area contributed by atoms with Crippen LogP contribution in [-0.4, -0.2) is 62.1 Å². The Labute approximate surface area is 154 Å². The predicted octanol–water partition coefficient (Wildman–Crippen LogP) is 2.38. The molecule has 1 saturated heterocycles. The van der Waals surface area contributed by atoms with Crippen LogP contribution in [-0.2, 0) is 14.8 Å². The summed E-state index contributed by atoms with van der Waals surface area (Å²) >= 11 is 5.90. The van der Waals surface area contributed by atoms with Crippen LogP contribution in [0.25, 0.3) is 0 Å². The van der Waals surface area contributed by atoms with E-state index in [1.807, 2.05) is 6.92 Å². The SMILES string of the molecule is CCCS(=O)(=O)N1CCCC1C(=O)N(C)CCOc1cccc(Cl)c1. The number of hydrogen-bond acceptors (Lipinski definition) is 4. The van der Waals surface area contributed by atoms with Crippen molar-refractivity contribution >= 4 is 27.5 Å². The molecule has 25 heavy (non-hydrogen) atoms. The van der Waals surface area contributed by atoms with E-state index in [9.17, 15) is 13.2 Å². The molecule has 0 bridgehead atoms. The summed E-state index contributed by atoms with van der Waals surface area (Å²) in [6.07, 6.45) is 1.83. The first-order valence-electron chi connectivity index (χ1n) is 8.48. The molecule has 1 unspecified atom stereocenters. The lowest BCUT2D eigenvalue weighted by Crippen LogP contribution is -2.47. The molecule has 0 spiro atoms. The van der Waals surface area contributed by atoms with Crippen molar-refractivity contribution in [1.82, 2.24) is 9.21 Å². The largest absolute Gasteiger partial charge is 0.492 e. The van der Waals surface area contributed by atoms with Gasteiger partial charge in [0.05, 0.1) is 12.3 Å². The van der Waals surface area contributed by atoms with Gasteiger partial charge in [0.15, 0.2) is 0 Å². The molecule has 8 heteroatoms. The van der Waals surface area contributed by atoms with Crippen LogP contribution < -0.4 is 4.74 Å². The second kappa shape index (κ2) is 8.87. The van der Waals surface area contributed by atoms with Crippen molar-refractivity contribution in [3.8, 4) is 5.75 Å². The van der Waals surface area contributed by atoms with Crippen LogP contribution in [0.1, 0.15) is 26.2 Å². The third kappa shape index (κ3) is 5.33. The molecule has 2 rings (SSSR count). The third-order valence-corrected chi connectivity index (χ3v) is 6.49. The number of likely N-dealkylation sites (N-methyl/N-ethyl adjacent to an activating group) is 1. The third-order valence-electron chi connectivity index (χ3n) is 4.18. The van der Waals surface area contributed by atoms with E-state index in [1.165, 1.54) is 9.21 Å². The van der Waals surface area contributed by atoms with Crippen LogP contribution in [0, 0.1) is 0 Å². The van der Waals surface area contributed by atoms with Crippen molar-refractivity contribution < 1.29 is 17.9 Å². The van der Waals surface area contributed by atoms with Gasteiger partial charge in [-0.15, -0.1) is 0 Å². The molecule has 1 amide bonds. The van der Waals surface area contributed by atoms with Crippen LogP contribution >= 0.6 is 11.6 Å². The van der Waals surface area contributed by atoms with Gasteiger partial charge in [-0.2, -0.15) is 4.31 Å². The molecule has 1 heterocycles. The van der Waals surface area contributed by atoms with Gasteiger partial charge < -0.3 is 9.64 Å². The smallest absolute Gasteiger partial charge is 0.240 e. The lowest BCUT2D eigenvalue weighted by Gasteiger charge is -2.27. The summed E-state index contributed by atoms with van der Waals surface area (Å²) in [5.41, 5.74) is 0. The van der Waals surface area contributed by atoms with E-state index < -0.39 is 16.1 Å². The highest BCUT2D eigenvalue weighted by Gasteiger charge is 2.39. The lowest BCUT2D eigenvalue weighted by atomic mass is 10.2. The summed E-state index contributed by atoms with van der Waals surface area (Å²) in [6.45, 7) is 2.94. The van der Waals surface area contributed by atoms with E-state index in [-0.39, 0.29) is 11.7 Å². The number of rotatable bonds is 8. The standard InChI is InChI=1S/C17H25ClN2O4S/c1-3-12-25(22,23)20-9-5-8-16(20)17(21)19(2)10-11-24-15-7-4-6-14(18)13-15/h4,6-7,13,16H,3,5,8-12H2,1-2H3. The summed E-state index contributed by atoms with van der Waals surface area (Å²) in [6, 6.07) is 6.47. The minimum absolute atomic E-state index is 0.0817. The zero-order chi connectivity index (χ0) is 18.4. The first-order chi connectivity index (χ1) is 11.8. The number of carbonyl (C=O) groups is 1.